The highest BCUT2D eigenvalue weighted by atomic mass is 16.3. The average molecular weight is 230 g/mol. The Morgan fingerprint density at radius 1 is 1.19 bits per heavy atom. The summed E-state index contributed by atoms with van der Waals surface area (Å²) in [6.45, 7) is 5.94. The van der Waals surface area contributed by atoms with E-state index >= 15 is 0 Å². The lowest BCUT2D eigenvalue weighted by Crippen LogP contribution is -2.40. The Morgan fingerprint density at radius 2 is 1.81 bits per heavy atom. The van der Waals surface area contributed by atoms with E-state index in [4.69, 9.17) is 0 Å². The van der Waals surface area contributed by atoms with Crippen molar-refractivity contribution in [3.63, 3.8) is 0 Å². The van der Waals surface area contributed by atoms with Crippen molar-refractivity contribution in [2.75, 3.05) is 13.1 Å². The van der Waals surface area contributed by atoms with Gasteiger partial charge in [0, 0.05) is 13.0 Å². The molecule has 16 heavy (non-hydrogen) atoms. The molecule has 0 saturated carbocycles. The Kier molecular flexibility index (Phi) is 7.54. The predicted molar refractivity (Wildman–Crippen MR) is 61.8 cm³/mol. The Bertz CT molecular complexity index is 229. The van der Waals surface area contributed by atoms with Crippen LogP contribution in [0.5, 0.6) is 0 Å². The molecular weight excluding hydrogens is 208 g/mol. The van der Waals surface area contributed by atoms with E-state index in [1.165, 1.54) is 0 Å². The number of carbonyl (C=O) groups is 2. The average Bonchev–Trinajstić information content (AvgIpc) is 2.22. The van der Waals surface area contributed by atoms with Crippen LogP contribution >= 0.6 is 0 Å². The molecule has 0 aliphatic rings. The lowest BCUT2D eigenvalue weighted by Gasteiger charge is -2.13. The molecule has 0 aromatic heterocycles. The van der Waals surface area contributed by atoms with Crippen LogP contribution in [0.4, 0.5) is 0 Å². The number of hydrogen-bond donors (Lipinski definition) is 3. The standard InChI is InChI=1S/C11H22N2O3/c1-4-10(15)13-7-11(16)12-6-9(14)5-8(2)3/h8-9,14H,4-7H2,1-3H3,(H,12,16)(H,13,15). The van der Waals surface area contributed by atoms with Crippen molar-refractivity contribution in [2.45, 2.75) is 39.7 Å². The number of aliphatic hydroxyl groups is 1. The number of carbonyl (C=O) groups excluding carboxylic acids is 2. The van der Waals surface area contributed by atoms with Gasteiger partial charge in [0.1, 0.15) is 0 Å². The first-order chi connectivity index (χ1) is 7.45. The topological polar surface area (TPSA) is 78.4 Å². The molecule has 3 N–H and O–H groups in total. The van der Waals surface area contributed by atoms with Gasteiger partial charge in [0.15, 0.2) is 0 Å². The maximum absolute atomic E-state index is 11.2. The van der Waals surface area contributed by atoms with Gasteiger partial charge in [-0.3, -0.25) is 9.59 Å². The monoisotopic (exact) mass is 230 g/mol. The van der Waals surface area contributed by atoms with Crippen LogP contribution in [0.3, 0.4) is 0 Å². The molecule has 0 aliphatic carbocycles. The van der Waals surface area contributed by atoms with E-state index in [9.17, 15) is 14.7 Å². The van der Waals surface area contributed by atoms with Crippen molar-refractivity contribution in [3.05, 3.63) is 0 Å². The first kappa shape index (κ1) is 14.9. The van der Waals surface area contributed by atoms with Gasteiger partial charge in [0.05, 0.1) is 12.6 Å². The summed E-state index contributed by atoms with van der Waals surface area (Å²) in [6.07, 6.45) is 0.496. The second kappa shape index (κ2) is 8.10. The van der Waals surface area contributed by atoms with E-state index in [1.807, 2.05) is 13.8 Å². The molecule has 0 rings (SSSR count). The van der Waals surface area contributed by atoms with Crippen molar-refractivity contribution in [3.8, 4) is 0 Å². The second-order valence-corrected chi connectivity index (χ2v) is 4.22. The second-order valence-electron chi connectivity index (χ2n) is 4.22. The molecule has 0 heterocycles. The number of hydrogen-bond acceptors (Lipinski definition) is 3. The number of rotatable bonds is 7. The fourth-order valence-electron chi connectivity index (χ4n) is 1.23. The lowest BCUT2D eigenvalue weighted by atomic mass is 10.1. The Labute approximate surface area is 96.6 Å². The summed E-state index contributed by atoms with van der Waals surface area (Å²) in [6, 6.07) is 0. The third-order valence-corrected chi connectivity index (χ3v) is 2.05. The number of nitrogens with one attached hydrogen (secondary N) is 2. The fourth-order valence-corrected chi connectivity index (χ4v) is 1.23. The zero-order valence-corrected chi connectivity index (χ0v) is 10.2. The minimum Gasteiger partial charge on any atom is -0.391 e. The molecule has 1 unspecified atom stereocenters. The molecule has 0 radical (unpaired) electrons. The number of aliphatic hydroxyl groups excluding tert-OH is 1. The van der Waals surface area contributed by atoms with Gasteiger partial charge < -0.3 is 15.7 Å². The van der Waals surface area contributed by atoms with Crippen LogP contribution in [0.1, 0.15) is 33.6 Å². The van der Waals surface area contributed by atoms with Crippen molar-refractivity contribution < 1.29 is 14.7 Å². The molecule has 0 bridgehead atoms. The molecule has 0 aromatic carbocycles. The summed E-state index contributed by atoms with van der Waals surface area (Å²) in [5.41, 5.74) is 0. The zero-order valence-electron chi connectivity index (χ0n) is 10.2. The van der Waals surface area contributed by atoms with Gasteiger partial charge in [0.2, 0.25) is 11.8 Å². The molecule has 0 spiro atoms. The smallest absolute Gasteiger partial charge is 0.239 e. The van der Waals surface area contributed by atoms with Gasteiger partial charge in [0.25, 0.3) is 0 Å². The first-order valence-electron chi connectivity index (χ1n) is 5.67. The molecule has 5 nitrogen and oxygen atoms in total. The third kappa shape index (κ3) is 8.23. The maximum Gasteiger partial charge on any atom is 0.239 e. The minimum atomic E-state index is -0.522. The van der Waals surface area contributed by atoms with E-state index in [-0.39, 0.29) is 24.9 Å². The predicted octanol–water partition coefficient (Wildman–Crippen LogP) is 0.0358. The van der Waals surface area contributed by atoms with Crippen molar-refractivity contribution >= 4 is 11.8 Å². The summed E-state index contributed by atoms with van der Waals surface area (Å²) in [5, 5.41) is 14.5. The van der Waals surface area contributed by atoms with E-state index < -0.39 is 6.10 Å². The molecule has 0 saturated heterocycles. The van der Waals surface area contributed by atoms with Gasteiger partial charge in [-0.1, -0.05) is 20.8 Å². The summed E-state index contributed by atoms with van der Waals surface area (Å²) in [4.78, 5) is 22.1. The van der Waals surface area contributed by atoms with Crippen LogP contribution in [0.25, 0.3) is 0 Å². The molecule has 1 atom stereocenters. The Balaban J connectivity index is 3.61. The van der Waals surface area contributed by atoms with Crippen LogP contribution < -0.4 is 10.6 Å². The lowest BCUT2D eigenvalue weighted by molar-refractivity contribution is -0.126. The highest BCUT2D eigenvalue weighted by Gasteiger charge is 2.09. The molecule has 0 aromatic rings. The highest BCUT2D eigenvalue weighted by Crippen LogP contribution is 2.02. The normalized spacial score (nSPS) is 12.3. The fraction of sp³-hybridized carbons (Fsp3) is 0.818. The molecule has 0 aliphatic heterocycles. The molecule has 5 heteroatoms. The van der Waals surface area contributed by atoms with Crippen LogP contribution in [0.15, 0.2) is 0 Å². The van der Waals surface area contributed by atoms with Crippen LogP contribution in [-0.2, 0) is 9.59 Å². The van der Waals surface area contributed by atoms with Gasteiger partial charge >= 0.3 is 0 Å². The van der Waals surface area contributed by atoms with E-state index in [2.05, 4.69) is 10.6 Å². The van der Waals surface area contributed by atoms with Gasteiger partial charge in [-0.2, -0.15) is 0 Å². The van der Waals surface area contributed by atoms with E-state index in [0.29, 0.717) is 18.8 Å². The Hall–Kier alpha value is -1.10. The maximum atomic E-state index is 11.2. The van der Waals surface area contributed by atoms with Crippen molar-refractivity contribution in [2.24, 2.45) is 5.92 Å². The summed E-state index contributed by atoms with van der Waals surface area (Å²) in [7, 11) is 0. The molecule has 2 amide bonds. The van der Waals surface area contributed by atoms with Gasteiger partial charge in [-0.15, -0.1) is 0 Å². The molecule has 94 valence electrons. The van der Waals surface area contributed by atoms with Crippen LogP contribution in [0, 0.1) is 5.92 Å². The zero-order chi connectivity index (χ0) is 12.6. The SMILES string of the molecule is CCC(=O)NCC(=O)NCC(O)CC(C)C. The number of amides is 2. The largest absolute Gasteiger partial charge is 0.391 e. The van der Waals surface area contributed by atoms with Crippen molar-refractivity contribution in [1.29, 1.82) is 0 Å². The summed E-state index contributed by atoms with van der Waals surface area (Å²) < 4.78 is 0. The molecule has 0 fully saturated rings. The van der Waals surface area contributed by atoms with Crippen LogP contribution in [-0.4, -0.2) is 36.1 Å². The van der Waals surface area contributed by atoms with E-state index in [0.717, 1.165) is 0 Å². The van der Waals surface area contributed by atoms with Gasteiger partial charge in [-0.25, -0.2) is 0 Å². The quantitative estimate of drug-likeness (QED) is 0.577. The minimum absolute atomic E-state index is 0.0267. The molecular formula is C11H22N2O3. The first-order valence-corrected chi connectivity index (χ1v) is 5.67. The van der Waals surface area contributed by atoms with Gasteiger partial charge in [-0.05, 0) is 12.3 Å². The van der Waals surface area contributed by atoms with E-state index in [1.54, 1.807) is 6.92 Å². The van der Waals surface area contributed by atoms with Crippen molar-refractivity contribution in [1.82, 2.24) is 10.6 Å². The van der Waals surface area contributed by atoms with Crippen LogP contribution in [0.2, 0.25) is 0 Å². The summed E-state index contributed by atoms with van der Waals surface area (Å²) >= 11 is 0. The highest BCUT2D eigenvalue weighted by molar-refractivity contribution is 5.84. The Morgan fingerprint density at radius 3 is 2.31 bits per heavy atom. The third-order valence-electron chi connectivity index (χ3n) is 2.05. The summed E-state index contributed by atoms with van der Waals surface area (Å²) in [5.74, 6) is -0.0332.